The molecule has 0 radical (unpaired) electrons. The smallest absolute Gasteiger partial charge is 0.217 e. The van der Waals surface area contributed by atoms with E-state index in [9.17, 15) is 80.8 Å². The SMILES string of the molecule is CC(=O)N[C@H]1[C@@H](O[C@H]2[C@@H](O)[C@@H](CO)O[C@@H](O[C@@H]3[C@@H](O)[C@@H](O)[C@H](O[C@H]4[C@H](O)[C@@H](C)O[C@@H](OC[C@H](O)[C@H]5O[C@H](O)[C@@H](O)[C@@H](O)[C@@H]5O)[C@@H]4NC(C)=O)O[C@H]3C)[C@@H]2NC(C)=O)O[C@H](CO)[C@H](O)[C@@H]1O. The van der Waals surface area contributed by atoms with Gasteiger partial charge in [-0.15, -0.1) is 0 Å². The third-order valence-corrected chi connectivity index (χ3v) is 11.7. The lowest BCUT2D eigenvalue weighted by atomic mass is 9.93. The molecule has 5 saturated heterocycles. The zero-order valence-corrected chi connectivity index (χ0v) is 35.8. The molecule has 0 saturated carbocycles. The van der Waals surface area contributed by atoms with Crippen LogP contribution >= 0.6 is 0 Å². The second kappa shape index (κ2) is 22.8. The number of hydrogen-bond acceptors (Lipinski definition) is 25. The Hall–Kier alpha value is -2.47. The fourth-order valence-corrected chi connectivity index (χ4v) is 8.29. The molecule has 0 aliphatic carbocycles. The molecule has 28 heteroatoms. The number of aliphatic hydroxyl groups is 13. The Balaban J connectivity index is 1.33. The highest BCUT2D eigenvalue weighted by molar-refractivity contribution is 5.74. The molecular weight excluding hydrogens is 886 g/mol. The molecule has 28 nitrogen and oxygen atoms in total. The number of carbonyl (C=O) groups excluding carboxylic acids is 3. The molecule has 5 aliphatic heterocycles. The van der Waals surface area contributed by atoms with Crippen LogP contribution in [-0.2, 0) is 57.0 Å². The number of carbonyl (C=O) groups is 3. The predicted octanol–water partition coefficient (Wildman–Crippen LogP) is -10.1. The standard InChI is InChI=1S/C37H63N3O25/c1-9-20(47)31(18(39-12(4)44)34(58-9)57-8-14(46)30-25(52)24(51)27(54)33(56)62-30)65-37-28(55)26(53)29(10(2)59-37)63-36-19(40-13(5)45)32(22(49)16(7-42)61-36)64-35-17(38-11(3)43)23(50)21(48)15(6-41)60-35/h9-10,14-37,41-42,46-56H,6-8H2,1-5H3,(H,38,43)(H,39,44)(H,40,45)/t9-,10+,14+,15-,16-,17-,18-,19-,20-,21+,22+,23-,24+,25+,26+,27+,28-,29+,30-,31-,32-,33+,34-,35-,36+,37+/m1/s1. The van der Waals surface area contributed by atoms with E-state index in [-0.39, 0.29) is 0 Å². The molecule has 0 unspecified atom stereocenters. The van der Waals surface area contributed by atoms with Crippen LogP contribution in [0.2, 0.25) is 0 Å². The van der Waals surface area contributed by atoms with Crippen molar-refractivity contribution in [3.8, 4) is 0 Å². The van der Waals surface area contributed by atoms with Crippen molar-refractivity contribution >= 4 is 17.7 Å². The van der Waals surface area contributed by atoms with Crippen LogP contribution in [0.5, 0.6) is 0 Å². The normalized spacial score (nSPS) is 47.6. The summed E-state index contributed by atoms with van der Waals surface area (Å²) < 4.78 is 52.0. The Kier molecular flexibility index (Phi) is 18.7. The van der Waals surface area contributed by atoms with Crippen molar-refractivity contribution in [2.45, 2.75) is 194 Å². The predicted molar refractivity (Wildman–Crippen MR) is 204 cm³/mol. The van der Waals surface area contributed by atoms with E-state index in [1.807, 2.05) is 0 Å². The highest BCUT2D eigenvalue weighted by Crippen LogP contribution is 2.35. The van der Waals surface area contributed by atoms with Crippen LogP contribution in [0.15, 0.2) is 0 Å². The monoisotopic (exact) mass is 949 g/mol. The third-order valence-electron chi connectivity index (χ3n) is 11.7. The van der Waals surface area contributed by atoms with Crippen molar-refractivity contribution in [3.05, 3.63) is 0 Å². The minimum Gasteiger partial charge on any atom is -0.394 e. The maximum absolute atomic E-state index is 12.6. The van der Waals surface area contributed by atoms with Crippen LogP contribution in [-0.4, -0.2) is 263 Å². The molecule has 0 aromatic carbocycles. The van der Waals surface area contributed by atoms with E-state index < -0.39 is 197 Å². The van der Waals surface area contributed by atoms with Crippen molar-refractivity contribution in [1.82, 2.24) is 16.0 Å². The van der Waals surface area contributed by atoms with Gasteiger partial charge >= 0.3 is 0 Å². The number of rotatable bonds is 15. The van der Waals surface area contributed by atoms with E-state index in [2.05, 4.69) is 16.0 Å². The quantitative estimate of drug-likeness (QED) is 0.0725. The van der Waals surface area contributed by atoms with Gasteiger partial charge in [0.25, 0.3) is 0 Å². The van der Waals surface area contributed by atoms with Crippen molar-refractivity contribution in [2.75, 3.05) is 19.8 Å². The van der Waals surface area contributed by atoms with Crippen LogP contribution in [0.3, 0.4) is 0 Å². The summed E-state index contributed by atoms with van der Waals surface area (Å²) in [5, 5.41) is 145. The van der Waals surface area contributed by atoms with Crippen LogP contribution < -0.4 is 16.0 Å². The maximum Gasteiger partial charge on any atom is 0.217 e. The van der Waals surface area contributed by atoms with Crippen molar-refractivity contribution in [1.29, 1.82) is 0 Å². The van der Waals surface area contributed by atoms with E-state index in [0.29, 0.717) is 0 Å². The van der Waals surface area contributed by atoms with Crippen LogP contribution in [0.4, 0.5) is 0 Å². The molecule has 26 atom stereocenters. The topological polar surface area (TPSA) is 433 Å². The third kappa shape index (κ3) is 12.0. The highest BCUT2D eigenvalue weighted by Gasteiger charge is 2.56. The summed E-state index contributed by atoms with van der Waals surface area (Å²) >= 11 is 0. The zero-order chi connectivity index (χ0) is 48.3. The summed E-state index contributed by atoms with van der Waals surface area (Å²) in [7, 11) is 0. The molecule has 5 aliphatic rings. The van der Waals surface area contributed by atoms with Gasteiger partial charge in [-0.05, 0) is 13.8 Å². The Morgan fingerprint density at radius 3 is 1.54 bits per heavy atom. The highest BCUT2D eigenvalue weighted by atomic mass is 16.8. The average Bonchev–Trinajstić information content (AvgIpc) is 3.24. The summed E-state index contributed by atoms with van der Waals surface area (Å²) in [6.45, 7) is 3.59. The molecule has 0 aromatic heterocycles. The Morgan fingerprint density at radius 1 is 0.492 bits per heavy atom. The van der Waals surface area contributed by atoms with Gasteiger partial charge in [0.05, 0.1) is 32.0 Å². The van der Waals surface area contributed by atoms with E-state index in [0.717, 1.165) is 20.8 Å². The molecule has 3 amide bonds. The number of amides is 3. The van der Waals surface area contributed by atoms with Crippen LogP contribution in [0.1, 0.15) is 34.6 Å². The van der Waals surface area contributed by atoms with Gasteiger partial charge in [-0.3, -0.25) is 14.4 Å². The first-order valence-electron chi connectivity index (χ1n) is 20.9. The lowest BCUT2D eigenvalue weighted by Gasteiger charge is -2.50. The van der Waals surface area contributed by atoms with Crippen LogP contribution in [0.25, 0.3) is 0 Å². The second-order valence-corrected chi connectivity index (χ2v) is 16.7. The molecule has 376 valence electrons. The van der Waals surface area contributed by atoms with Gasteiger partial charge in [0.1, 0.15) is 116 Å². The second-order valence-electron chi connectivity index (χ2n) is 16.7. The largest absolute Gasteiger partial charge is 0.394 e. The van der Waals surface area contributed by atoms with E-state index in [1.165, 1.54) is 13.8 Å². The molecule has 0 spiro atoms. The summed E-state index contributed by atoms with van der Waals surface area (Å²) in [5.74, 6) is -2.13. The number of ether oxygens (including phenoxy) is 9. The van der Waals surface area contributed by atoms with Gasteiger partial charge in [-0.25, -0.2) is 0 Å². The number of hydrogen-bond donors (Lipinski definition) is 16. The molecule has 65 heavy (non-hydrogen) atoms. The molecule has 16 N–H and O–H groups in total. The van der Waals surface area contributed by atoms with Crippen molar-refractivity contribution < 1.29 is 123 Å². The Labute approximate surface area is 370 Å². The van der Waals surface area contributed by atoms with Gasteiger partial charge < -0.3 is 125 Å². The Morgan fingerprint density at radius 2 is 0.969 bits per heavy atom. The number of nitrogens with one attached hydrogen (secondary N) is 3. The molecule has 0 bridgehead atoms. The van der Waals surface area contributed by atoms with E-state index in [1.54, 1.807) is 0 Å². The zero-order valence-electron chi connectivity index (χ0n) is 35.8. The lowest BCUT2D eigenvalue weighted by molar-refractivity contribution is -0.368. The first-order chi connectivity index (χ1) is 30.5. The minimum absolute atomic E-state index is 0.696. The van der Waals surface area contributed by atoms with Gasteiger partial charge in [0.15, 0.2) is 31.5 Å². The first kappa shape index (κ1) is 53.5. The van der Waals surface area contributed by atoms with Crippen molar-refractivity contribution in [3.63, 3.8) is 0 Å². The van der Waals surface area contributed by atoms with Crippen molar-refractivity contribution in [2.24, 2.45) is 0 Å². The van der Waals surface area contributed by atoms with Gasteiger partial charge in [0.2, 0.25) is 17.7 Å². The molecule has 5 fully saturated rings. The number of aliphatic hydroxyl groups excluding tert-OH is 13. The summed E-state index contributed by atoms with van der Waals surface area (Å²) in [5.41, 5.74) is 0. The van der Waals surface area contributed by atoms with Gasteiger partial charge in [-0.1, -0.05) is 0 Å². The average molecular weight is 950 g/mol. The van der Waals surface area contributed by atoms with Crippen LogP contribution in [0, 0.1) is 0 Å². The minimum atomic E-state index is -2.02. The molecular formula is C37H63N3O25. The van der Waals surface area contributed by atoms with Gasteiger partial charge in [-0.2, -0.15) is 0 Å². The fraction of sp³-hybridized carbons (Fsp3) is 0.919. The summed E-state index contributed by atoms with van der Waals surface area (Å²) in [6, 6.07) is -4.51. The van der Waals surface area contributed by atoms with Gasteiger partial charge in [0, 0.05) is 20.8 Å². The van der Waals surface area contributed by atoms with E-state index >= 15 is 0 Å². The summed E-state index contributed by atoms with van der Waals surface area (Å²) in [4.78, 5) is 37.1. The summed E-state index contributed by atoms with van der Waals surface area (Å²) in [6.07, 6.45) is -39.0. The molecule has 0 aromatic rings. The first-order valence-corrected chi connectivity index (χ1v) is 20.9. The Bertz CT molecular complexity index is 1570. The van der Waals surface area contributed by atoms with E-state index in [4.69, 9.17) is 42.6 Å². The lowest BCUT2D eigenvalue weighted by Crippen LogP contribution is -2.71. The molecule has 5 rings (SSSR count). The molecule has 5 heterocycles. The fourth-order valence-electron chi connectivity index (χ4n) is 8.29. The maximum atomic E-state index is 12.6.